The second-order valence-corrected chi connectivity index (χ2v) is 11.8. The maximum atomic E-state index is 13.0. The molecule has 0 bridgehead atoms. The van der Waals surface area contributed by atoms with Crippen molar-refractivity contribution >= 4 is 37.5 Å². The second-order valence-electron chi connectivity index (χ2n) is 6.97. The molecule has 1 amide bonds. The Bertz CT molecular complexity index is 1100. The zero-order chi connectivity index (χ0) is 21.8. The van der Waals surface area contributed by atoms with Gasteiger partial charge in [-0.3, -0.25) is 4.79 Å². The molecule has 0 fully saturated rings. The van der Waals surface area contributed by atoms with Crippen LogP contribution < -0.4 is 10.0 Å². The number of sulfonamides is 1. The summed E-state index contributed by atoms with van der Waals surface area (Å²) >= 11 is 1.51. The Morgan fingerprint density at radius 3 is 2.50 bits per heavy atom. The molecule has 1 heterocycles. The van der Waals surface area contributed by atoms with E-state index in [0.717, 1.165) is 0 Å². The lowest BCUT2D eigenvalue weighted by molar-refractivity contribution is -0.123. The molecule has 0 radical (unpaired) electrons. The lowest BCUT2D eigenvalue weighted by Crippen LogP contribution is -2.48. The zero-order valence-corrected chi connectivity index (χ0v) is 18.9. The predicted molar refractivity (Wildman–Crippen MR) is 118 cm³/mol. The fourth-order valence-electron chi connectivity index (χ4n) is 3.35. The molecule has 0 aromatic heterocycles. The molecule has 1 aliphatic rings. The number of nitrogens with one attached hydrogen (secondary N) is 2. The van der Waals surface area contributed by atoms with E-state index >= 15 is 0 Å². The van der Waals surface area contributed by atoms with E-state index in [1.807, 2.05) is 6.26 Å². The Morgan fingerprint density at radius 2 is 1.80 bits per heavy atom. The van der Waals surface area contributed by atoms with Crippen LogP contribution in [0.25, 0.3) is 0 Å². The Kier molecular flexibility index (Phi) is 7.22. The molecule has 2 aromatic carbocycles. The van der Waals surface area contributed by atoms with Crippen molar-refractivity contribution in [3.63, 3.8) is 0 Å². The van der Waals surface area contributed by atoms with Gasteiger partial charge in [0.1, 0.15) is 6.04 Å². The van der Waals surface area contributed by atoms with Crippen LogP contribution in [0.2, 0.25) is 0 Å². The summed E-state index contributed by atoms with van der Waals surface area (Å²) in [6, 6.07) is 13.0. The van der Waals surface area contributed by atoms with Crippen LogP contribution in [0.4, 0.5) is 0 Å². The molecule has 10 heteroatoms. The fraction of sp³-hybridized carbons (Fsp3) is 0.350. The average molecular weight is 469 g/mol. The summed E-state index contributed by atoms with van der Waals surface area (Å²) in [6.45, 7) is 0. The Balaban J connectivity index is 1.81. The standard InChI is InChI=1S/C20H24N2O5S3/c1-28-13-11-18(22-30(26,27)15-7-3-2-4-8-15)20(23)21-17-12-14-29(24,25)19-10-6-5-9-16(17)19/h2-10,17-18,22H,11-14H2,1H3,(H,21,23)/t17-,18+/m0/s1. The first-order valence-electron chi connectivity index (χ1n) is 9.43. The predicted octanol–water partition coefficient (Wildman–Crippen LogP) is 2.12. The van der Waals surface area contributed by atoms with Crippen LogP contribution in [-0.4, -0.2) is 46.5 Å². The summed E-state index contributed by atoms with van der Waals surface area (Å²) in [4.78, 5) is 13.3. The highest BCUT2D eigenvalue weighted by Gasteiger charge is 2.33. The number of sulfone groups is 1. The molecule has 3 rings (SSSR count). The van der Waals surface area contributed by atoms with Crippen molar-refractivity contribution in [3.05, 3.63) is 60.2 Å². The summed E-state index contributed by atoms with van der Waals surface area (Å²) in [7, 11) is -7.25. The topological polar surface area (TPSA) is 109 Å². The molecule has 7 nitrogen and oxygen atoms in total. The van der Waals surface area contributed by atoms with Crippen LogP contribution >= 0.6 is 11.8 Å². The lowest BCUT2D eigenvalue weighted by Gasteiger charge is -2.28. The van der Waals surface area contributed by atoms with Gasteiger partial charge in [0, 0.05) is 0 Å². The number of amides is 1. The summed E-state index contributed by atoms with van der Waals surface area (Å²) in [6.07, 6.45) is 2.43. The zero-order valence-electron chi connectivity index (χ0n) is 16.4. The first-order chi connectivity index (χ1) is 14.2. The normalized spacial score (nSPS) is 18.9. The van der Waals surface area contributed by atoms with Crippen LogP contribution in [-0.2, 0) is 24.7 Å². The van der Waals surface area contributed by atoms with Gasteiger partial charge in [0.2, 0.25) is 15.9 Å². The van der Waals surface area contributed by atoms with Crippen molar-refractivity contribution in [2.45, 2.75) is 34.7 Å². The average Bonchev–Trinajstić information content (AvgIpc) is 2.74. The van der Waals surface area contributed by atoms with Gasteiger partial charge in [0.25, 0.3) is 0 Å². The highest BCUT2D eigenvalue weighted by Crippen LogP contribution is 2.32. The Labute approximate surface area is 181 Å². The molecule has 30 heavy (non-hydrogen) atoms. The van der Waals surface area contributed by atoms with Crippen LogP contribution in [0.1, 0.15) is 24.4 Å². The number of hydrogen-bond donors (Lipinski definition) is 2. The molecule has 0 saturated heterocycles. The van der Waals surface area contributed by atoms with Crippen LogP contribution in [0.3, 0.4) is 0 Å². The number of rotatable bonds is 8. The number of carbonyl (C=O) groups excluding carboxylic acids is 1. The molecule has 0 saturated carbocycles. The first-order valence-corrected chi connectivity index (χ1v) is 14.0. The van der Waals surface area contributed by atoms with E-state index in [2.05, 4.69) is 10.0 Å². The van der Waals surface area contributed by atoms with Gasteiger partial charge in [-0.25, -0.2) is 16.8 Å². The highest BCUT2D eigenvalue weighted by molar-refractivity contribution is 7.98. The van der Waals surface area contributed by atoms with E-state index in [9.17, 15) is 21.6 Å². The molecule has 0 aliphatic carbocycles. The maximum absolute atomic E-state index is 13.0. The molecule has 162 valence electrons. The fourth-order valence-corrected chi connectivity index (χ4v) is 6.69. The van der Waals surface area contributed by atoms with Crippen LogP contribution in [0, 0.1) is 0 Å². The smallest absolute Gasteiger partial charge is 0.241 e. The largest absolute Gasteiger partial charge is 0.348 e. The number of thioether (sulfide) groups is 1. The molecule has 2 aromatic rings. The van der Waals surface area contributed by atoms with Crippen molar-refractivity contribution in [3.8, 4) is 0 Å². The van der Waals surface area contributed by atoms with Crippen molar-refractivity contribution in [1.29, 1.82) is 0 Å². The van der Waals surface area contributed by atoms with Crippen LogP contribution in [0.15, 0.2) is 64.4 Å². The first kappa shape index (κ1) is 22.8. The highest BCUT2D eigenvalue weighted by atomic mass is 32.2. The van der Waals surface area contributed by atoms with Gasteiger partial charge in [-0.05, 0) is 48.6 Å². The molecule has 2 atom stereocenters. The number of fused-ring (bicyclic) bond motifs is 1. The van der Waals surface area contributed by atoms with Crippen molar-refractivity contribution in [2.24, 2.45) is 0 Å². The quantitative estimate of drug-likeness (QED) is 0.614. The van der Waals surface area contributed by atoms with E-state index in [1.54, 1.807) is 36.4 Å². The van der Waals surface area contributed by atoms with Crippen LogP contribution in [0.5, 0.6) is 0 Å². The van der Waals surface area contributed by atoms with Gasteiger partial charge >= 0.3 is 0 Å². The third-order valence-electron chi connectivity index (χ3n) is 4.90. The molecule has 2 N–H and O–H groups in total. The number of carbonyl (C=O) groups is 1. The molecule has 1 aliphatic heterocycles. The summed E-state index contributed by atoms with van der Waals surface area (Å²) < 4.78 is 52.6. The van der Waals surface area contributed by atoms with E-state index in [0.29, 0.717) is 17.7 Å². The Hall–Kier alpha value is -1.88. The summed E-state index contributed by atoms with van der Waals surface area (Å²) in [5.41, 5.74) is 0.534. The second kappa shape index (κ2) is 9.51. The third-order valence-corrected chi connectivity index (χ3v) is 8.85. The number of benzene rings is 2. The minimum atomic E-state index is -3.87. The Morgan fingerprint density at radius 1 is 1.13 bits per heavy atom. The summed E-state index contributed by atoms with van der Waals surface area (Å²) in [5, 5.41) is 2.86. The van der Waals surface area contributed by atoms with Crippen molar-refractivity contribution in [2.75, 3.05) is 17.8 Å². The monoisotopic (exact) mass is 468 g/mol. The van der Waals surface area contributed by atoms with Gasteiger partial charge in [-0.1, -0.05) is 36.4 Å². The van der Waals surface area contributed by atoms with Crippen molar-refractivity contribution in [1.82, 2.24) is 10.0 Å². The van der Waals surface area contributed by atoms with Crippen molar-refractivity contribution < 1.29 is 21.6 Å². The van der Waals surface area contributed by atoms with E-state index in [4.69, 9.17) is 0 Å². The van der Waals surface area contributed by atoms with Gasteiger partial charge in [0.05, 0.1) is 21.6 Å². The van der Waals surface area contributed by atoms with E-state index in [1.165, 1.54) is 30.0 Å². The van der Waals surface area contributed by atoms with Gasteiger partial charge in [0.15, 0.2) is 9.84 Å². The van der Waals surface area contributed by atoms with Gasteiger partial charge < -0.3 is 5.32 Å². The minimum absolute atomic E-state index is 0.0693. The third kappa shape index (κ3) is 5.23. The van der Waals surface area contributed by atoms with Gasteiger partial charge in [-0.2, -0.15) is 16.5 Å². The minimum Gasteiger partial charge on any atom is -0.348 e. The maximum Gasteiger partial charge on any atom is 0.241 e. The number of hydrogen-bond acceptors (Lipinski definition) is 6. The summed E-state index contributed by atoms with van der Waals surface area (Å²) in [5.74, 6) is 0.0493. The molecule has 0 spiro atoms. The SMILES string of the molecule is CSCC[C@@H](NS(=O)(=O)c1ccccc1)C(=O)N[C@H]1CCS(=O)(=O)c2ccccc21. The van der Waals surface area contributed by atoms with Gasteiger partial charge in [-0.15, -0.1) is 0 Å². The molecule has 0 unspecified atom stereocenters. The molecular formula is C20H24N2O5S3. The lowest BCUT2D eigenvalue weighted by atomic mass is 10.0. The van der Waals surface area contributed by atoms with E-state index < -0.39 is 37.9 Å². The molecular weight excluding hydrogens is 444 g/mol. The van der Waals surface area contributed by atoms with E-state index in [-0.39, 0.29) is 22.0 Å².